The Bertz CT molecular complexity index is 809. The van der Waals surface area contributed by atoms with Crippen LogP contribution in [0.15, 0.2) is 24.5 Å². The van der Waals surface area contributed by atoms with Gasteiger partial charge in [0.15, 0.2) is 5.82 Å². The first-order valence-electron chi connectivity index (χ1n) is 7.86. The molecule has 14 heteroatoms. The number of hydrogen-bond donors (Lipinski definition) is 6. The summed E-state index contributed by atoms with van der Waals surface area (Å²) < 4.78 is 0. The van der Waals surface area contributed by atoms with Crippen molar-refractivity contribution >= 4 is 52.6 Å². The maximum Gasteiger partial charge on any atom is 0.337 e. The van der Waals surface area contributed by atoms with Crippen LogP contribution in [0.1, 0.15) is 27.6 Å². The van der Waals surface area contributed by atoms with Crippen LogP contribution in [0, 0.1) is 0 Å². The van der Waals surface area contributed by atoms with Crippen LogP contribution in [0.3, 0.4) is 0 Å². The molecule has 2 aromatic heterocycles. The number of anilines is 1. The Kier molecular flexibility index (Phi) is 16.5. The third kappa shape index (κ3) is 12.3. The predicted octanol–water partition coefficient (Wildman–Crippen LogP) is 1.91. The summed E-state index contributed by atoms with van der Waals surface area (Å²) in [6, 6.07) is 2.55. The van der Waals surface area contributed by atoms with Gasteiger partial charge in [-0.15, -0.1) is 0 Å². The van der Waals surface area contributed by atoms with Crippen LogP contribution in [0.4, 0.5) is 5.82 Å². The lowest BCUT2D eigenvalue weighted by molar-refractivity contribution is 0.0685. The van der Waals surface area contributed by atoms with Crippen LogP contribution in [0.2, 0.25) is 15.2 Å². The molecule has 0 saturated heterocycles. The summed E-state index contributed by atoms with van der Waals surface area (Å²) in [5.41, 5.74) is 2.31. The molecule has 0 aliphatic rings. The van der Waals surface area contributed by atoms with Crippen molar-refractivity contribution in [2.24, 2.45) is 11.7 Å². The number of pyridine rings is 2. The van der Waals surface area contributed by atoms with Crippen LogP contribution in [-0.4, -0.2) is 57.9 Å². The molecular formula is C16H23Cl3N6O5. The standard InChI is InChI=1S/C7H8ClN3O2.C6H3Cl2NO2.C2H6O.CH6N2/c1-11(9)6-5(8)2-4(3-10-6)7(12)13;7-4-1-3(6(10)11)2-9-5(4)8;1-2-3;1-3-2/h2-3H,9H2,1H3,(H,12,13);1-2H,(H,10,11);2*3H,2H2,1H3. The van der Waals surface area contributed by atoms with Crippen molar-refractivity contribution in [3.05, 3.63) is 50.9 Å². The van der Waals surface area contributed by atoms with Crippen molar-refractivity contribution < 1.29 is 24.9 Å². The molecule has 0 spiro atoms. The number of carboxylic acids is 2. The highest BCUT2D eigenvalue weighted by Crippen LogP contribution is 2.21. The Morgan fingerprint density at radius 2 is 1.43 bits per heavy atom. The fraction of sp³-hybridized carbons (Fsp3) is 0.250. The van der Waals surface area contributed by atoms with Crippen molar-refractivity contribution in [3.63, 3.8) is 0 Å². The number of carbonyl (C=O) groups is 2. The van der Waals surface area contributed by atoms with Gasteiger partial charge in [0.05, 0.1) is 21.2 Å². The third-order valence-corrected chi connectivity index (χ3v) is 3.41. The van der Waals surface area contributed by atoms with Gasteiger partial charge in [-0.1, -0.05) is 34.8 Å². The minimum Gasteiger partial charge on any atom is -0.478 e. The second kappa shape index (κ2) is 16.5. The summed E-state index contributed by atoms with van der Waals surface area (Å²) in [6.45, 7) is 1.93. The van der Waals surface area contributed by atoms with E-state index < -0.39 is 11.9 Å². The van der Waals surface area contributed by atoms with E-state index >= 15 is 0 Å². The topological polar surface area (TPSA) is 188 Å². The van der Waals surface area contributed by atoms with Gasteiger partial charge < -0.3 is 15.3 Å². The molecule has 8 N–H and O–H groups in total. The van der Waals surface area contributed by atoms with E-state index in [0.717, 1.165) is 6.20 Å². The number of aliphatic hydroxyl groups excluding tert-OH is 1. The molecular weight excluding hydrogens is 463 g/mol. The van der Waals surface area contributed by atoms with Gasteiger partial charge in [0.1, 0.15) is 5.15 Å². The van der Waals surface area contributed by atoms with E-state index in [1.165, 1.54) is 23.3 Å². The number of hydrogen-bond acceptors (Lipinski definition) is 9. The summed E-state index contributed by atoms with van der Waals surface area (Å²) in [4.78, 5) is 28.2. The lowest BCUT2D eigenvalue weighted by Crippen LogP contribution is -2.26. The van der Waals surface area contributed by atoms with E-state index in [0.29, 0.717) is 5.82 Å². The molecule has 0 radical (unpaired) electrons. The molecule has 0 aliphatic heterocycles. The second-order valence-corrected chi connectivity index (χ2v) is 6.02. The molecule has 2 heterocycles. The Hall–Kier alpha value is -2.25. The first-order valence-corrected chi connectivity index (χ1v) is 8.99. The highest BCUT2D eigenvalue weighted by Gasteiger charge is 2.09. The van der Waals surface area contributed by atoms with Crippen molar-refractivity contribution in [2.45, 2.75) is 6.92 Å². The third-order valence-electron chi connectivity index (χ3n) is 2.45. The van der Waals surface area contributed by atoms with E-state index in [1.54, 1.807) is 21.0 Å². The second-order valence-electron chi connectivity index (χ2n) is 4.85. The molecule has 0 fully saturated rings. The summed E-state index contributed by atoms with van der Waals surface area (Å²) in [7, 11) is 3.22. The molecule has 0 saturated carbocycles. The Morgan fingerprint density at radius 1 is 1.07 bits per heavy atom. The fourth-order valence-electron chi connectivity index (χ4n) is 1.35. The van der Waals surface area contributed by atoms with E-state index in [2.05, 4.69) is 21.2 Å². The molecule has 2 aromatic rings. The number of rotatable bonds is 3. The average molecular weight is 486 g/mol. The highest BCUT2D eigenvalue weighted by molar-refractivity contribution is 6.41. The summed E-state index contributed by atoms with van der Waals surface area (Å²) in [5.74, 6) is 8.17. The van der Waals surface area contributed by atoms with Crippen molar-refractivity contribution in [3.8, 4) is 0 Å². The van der Waals surface area contributed by atoms with Gasteiger partial charge in [0.2, 0.25) is 0 Å². The van der Waals surface area contributed by atoms with Crippen LogP contribution < -0.4 is 22.1 Å². The minimum absolute atomic E-state index is 0.0272. The predicted molar refractivity (Wildman–Crippen MR) is 116 cm³/mol. The van der Waals surface area contributed by atoms with Gasteiger partial charge in [-0.3, -0.25) is 16.3 Å². The number of nitrogens with two attached hydrogens (primary N) is 2. The zero-order chi connectivity index (χ0) is 23.9. The molecule has 0 aromatic carbocycles. The van der Waals surface area contributed by atoms with Gasteiger partial charge in [-0.25, -0.2) is 25.4 Å². The highest BCUT2D eigenvalue weighted by atomic mass is 35.5. The number of nitrogens with zero attached hydrogens (tertiary/aromatic N) is 3. The zero-order valence-corrected chi connectivity index (χ0v) is 18.6. The van der Waals surface area contributed by atoms with E-state index in [9.17, 15) is 9.59 Å². The quantitative estimate of drug-likeness (QED) is 0.211. The van der Waals surface area contributed by atoms with Gasteiger partial charge in [0.25, 0.3) is 0 Å². The number of aliphatic hydroxyl groups is 1. The lowest BCUT2D eigenvalue weighted by Gasteiger charge is -2.12. The molecule has 0 amide bonds. The van der Waals surface area contributed by atoms with Gasteiger partial charge in [-0.05, 0) is 26.1 Å². The maximum atomic E-state index is 10.5. The molecule has 0 unspecified atom stereocenters. The van der Waals surface area contributed by atoms with E-state index in [4.69, 9.17) is 56.0 Å². The molecule has 30 heavy (non-hydrogen) atoms. The lowest BCUT2D eigenvalue weighted by atomic mass is 10.3. The van der Waals surface area contributed by atoms with E-state index in [1.807, 2.05) is 0 Å². The van der Waals surface area contributed by atoms with Gasteiger partial charge in [0, 0.05) is 26.0 Å². The zero-order valence-electron chi connectivity index (χ0n) is 16.3. The largest absolute Gasteiger partial charge is 0.478 e. The summed E-state index contributed by atoms with van der Waals surface area (Å²) >= 11 is 16.7. The van der Waals surface area contributed by atoms with Crippen molar-refractivity contribution in [1.82, 2.24) is 15.4 Å². The SMILES string of the molecule is CCO.CN(N)c1ncc(C(=O)O)cc1Cl.CNN.O=C(O)c1cnc(Cl)c(Cl)c1. The molecule has 0 aliphatic carbocycles. The number of aromatic nitrogens is 2. The fourth-order valence-corrected chi connectivity index (χ4v) is 1.91. The van der Waals surface area contributed by atoms with Crippen LogP contribution in [0.5, 0.6) is 0 Å². The van der Waals surface area contributed by atoms with Crippen LogP contribution in [0.25, 0.3) is 0 Å². The number of hydrazine groups is 2. The normalized spacial score (nSPS) is 8.97. The average Bonchev–Trinajstić information content (AvgIpc) is 2.65. The monoisotopic (exact) mass is 484 g/mol. The van der Waals surface area contributed by atoms with Crippen LogP contribution in [-0.2, 0) is 0 Å². The molecule has 0 atom stereocenters. The summed E-state index contributed by atoms with van der Waals surface area (Å²) in [5, 5.41) is 26.3. The first-order chi connectivity index (χ1) is 14.0. The molecule has 11 nitrogen and oxygen atoms in total. The number of carboxylic acid groups (broad SMARTS) is 2. The van der Waals surface area contributed by atoms with Crippen molar-refractivity contribution in [2.75, 3.05) is 25.7 Å². The van der Waals surface area contributed by atoms with Crippen molar-refractivity contribution in [1.29, 1.82) is 0 Å². The Balaban J connectivity index is 0. The van der Waals surface area contributed by atoms with Gasteiger partial charge in [-0.2, -0.15) is 0 Å². The molecule has 0 bridgehead atoms. The number of halogens is 3. The smallest absolute Gasteiger partial charge is 0.337 e. The Labute approximate surface area is 188 Å². The van der Waals surface area contributed by atoms with E-state index in [-0.39, 0.29) is 32.9 Å². The molecule has 2 rings (SSSR count). The number of nitrogens with one attached hydrogen (secondary N) is 1. The first kappa shape index (κ1) is 29.9. The summed E-state index contributed by atoms with van der Waals surface area (Å²) in [6.07, 6.45) is 2.35. The molecule has 168 valence electrons. The van der Waals surface area contributed by atoms with Gasteiger partial charge >= 0.3 is 11.9 Å². The van der Waals surface area contributed by atoms with Crippen LogP contribution >= 0.6 is 34.8 Å². The Morgan fingerprint density at radius 3 is 1.73 bits per heavy atom. The number of aromatic carboxylic acids is 2. The minimum atomic E-state index is -1.07. The maximum absolute atomic E-state index is 10.5.